The van der Waals surface area contributed by atoms with E-state index in [1.54, 1.807) is 6.07 Å². The average Bonchev–Trinajstić information content (AvgIpc) is 2.97. The van der Waals surface area contributed by atoms with Crippen molar-refractivity contribution in [1.82, 2.24) is 15.1 Å². The zero-order valence-corrected chi connectivity index (χ0v) is 17.8. The highest BCUT2D eigenvalue weighted by Crippen LogP contribution is 2.32. The van der Waals surface area contributed by atoms with Gasteiger partial charge in [-0.15, -0.1) is 0 Å². The molecule has 162 valence electrons. The first-order chi connectivity index (χ1) is 14.1. The molecule has 2 fully saturated rings. The summed E-state index contributed by atoms with van der Waals surface area (Å²) in [5.74, 6) is -1.60. The van der Waals surface area contributed by atoms with Gasteiger partial charge in [0, 0.05) is 36.7 Å². The molecule has 2 atom stereocenters. The van der Waals surface area contributed by atoms with E-state index < -0.39 is 17.8 Å². The van der Waals surface area contributed by atoms with Crippen molar-refractivity contribution in [2.45, 2.75) is 70.6 Å². The first-order valence-electron chi connectivity index (χ1n) is 10.6. The molecular weight excluding hydrogens is 387 g/mol. The molecule has 3 heterocycles. The smallest absolute Gasteiger partial charge is 0.255 e. The second kappa shape index (κ2) is 7.65. The van der Waals surface area contributed by atoms with E-state index in [0.29, 0.717) is 23.2 Å². The number of rotatable bonds is 3. The fraction of sp³-hybridized carbons (Fsp3) is 0.591. The lowest BCUT2D eigenvalue weighted by Gasteiger charge is -2.42. The van der Waals surface area contributed by atoms with Gasteiger partial charge in [-0.05, 0) is 64.3 Å². The van der Waals surface area contributed by atoms with Crippen LogP contribution in [0.5, 0.6) is 0 Å². The van der Waals surface area contributed by atoms with Crippen LogP contribution in [0, 0.1) is 5.82 Å². The number of carbonyl (C=O) groups is 3. The van der Waals surface area contributed by atoms with Gasteiger partial charge in [0.1, 0.15) is 11.9 Å². The van der Waals surface area contributed by atoms with E-state index in [9.17, 15) is 18.8 Å². The molecule has 3 aliphatic heterocycles. The van der Waals surface area contributed by atoms with Crippen LogP contribution in [0.2, 0.25) is 0 Å². The molecule has 2 N–H and O–H groups in total. The maximum Gasteiger partial charge on any atom is 0.255 e. The Bertz CT molecular complexity index is 895. The van der Waals surface area contributed by atoms with E-state index in [2.05, 4.69) is 36.3 Å². The molecule has 30 heavy (non-hydrogen) atoms. The van der Waals surface area contributed by atoms with Gasteiger partial charge in [-0.3, -0.25) is 24.6 Å². The number of likely N-dealkylation sites (tertiary alicyclic amines) is 1. The fourth-order valence-corrected chi connectivity index (χ4v) is 4.62. The molecule has 2 saturated heterocycles. The summed E-state index contributed by atoms with van der Waals surface area (Å²) in [5.41, 5.74) is 1.46. The van der Waals surface area contributed by atoms with Crippen molar-refractivity contribution in [3.8, 4) is 0 Å². The maximum absolute atomic E-state index is 14.8. The van der Waals surface area contributed by atoms with Crippen LogP contribution >= 0.6 is 0 Å². The molecule has 8 heteroatoms. The summed E-state index contributed by atoms with van der Waals surface area (Å²) in [6, 6.07) is 2.41. The van der Waals surface area contributed by atoms with Gasteiger partial charge in [0.25, 0.3) is 5.91 Å². The molecule has 0 aliphatic carbocycles. The van der Waals surface area contributed by atoms with Crippen LogP contribution in [0.3, 0.4) is 0 Å². The predicted molar refractivity (Wildman–Crippen MR) is 110 cm³/mol. The molecule has 3 aliphatic rings. The van der Waals surface area contributed by atoms with Crippen molar-refractivity contribution in [1.29, 1.82) is 0 Å². The molecule has 4 rings (SSSR count). The molecule has 0 bridgehead atoms. The minimum absolute atomic E-state index is 0.0612. The summed E-state index contributed by atoms with van der Waals surface area (Å²) in [6.45, 7) is 8.65. The number of hydrogen-bond donors (Lipinski definition) is 2. The number of halogens is 1. The van der Waals surface area contributed by atoms with Crippen LogP contribution < -0.4 is 10.6 Å². The van der Waals surface area contributed by atoms with Crippen molar-refractivity contribution in [3.63, 3.8) is 0 Å². The zero-order chi connectivity index (χ0) is 21.6. The quantitative estimate of drug-likeness (QED) is 0.739. The second-order valence-corrected chi connectivity index (χ2v) is 9.49. The normalized spacial score (nSPS) is 25.3. The molecule has 7 nitrogen and oxygen atoms in total. The lowest BCUT2D eigenvalue weighted by Crippen LogP contribution is -2.52. The Morgan fingerprint density at radius 3 is 2.63 bits per heavy atom. The molecular formula is C22H29FN4O3. The van der Waals surface area contributed by atoms with Crippen LogP contribution in [0.1, 0.15) is 62.4 Å². The van der Waals surface area contributed by atoms with Gasteiger partial charge in [0.05, 0.1) is 5.69 Å². The van der Waals surface area contributed by atoms with E-state index in [1.165, 1.54) is 11.0 Å². The first-order valence-corrected chi connectivity index (χ1v) is 10.6. The number of benzene rings is 1. The summed E-state index contributed by atoms with van der Waals surface area (Å²) in [7, 11) is 0. The maximum atomic E-state index is 14.8. The molecule has 0 aromatic heterocycles. The number of amides is 3. The van der Waals surface area contributed by atoms with Crippen LogP contribution in [-0.4, -0.2) is 58.2 Å². The Kier molecular flexibility index (Phi) is 5.30. The van der Waals surface area contributed by atoms with Crippen molar-refractivity contribution in [3.05, 3.63) is 29.1 Å². The van der Waals surface area contributed by atoms with Crippen molar-refractivity contribution in [2.75, 3.05) is 18.4 Å². The van der Waals surface area contributed by atoms with Gasteiger partial charge >= 0.3 is 0 Å². The van der Waals surface area contributed by atoms with Gasteiger partial charge in [-0.25, -0.2) is 4.39 Å². The summed E-state index contributed by atoms with van der Waals surface area (Å²) in [6.07, 6.45) is 2.50. The number of fused-ring (bicyclic) bond motifs is 1. The van der Waals surface area contributed by atoms with Gasteiger partial charge < -0.3 is 10.2 Å². The van der Waals surface area contributed by atoms with Crippen LogP contribution in [-0.2, 0) is 16.1 Å². The largest absolute Gasteiger partial charge is 0.379 e. The van der Waals surface area contributed by atoms with E-state index >= 15 is 0 Å². The third-order valence-electron chi connectivity index (χ3n) is 6.34. The minimum atomic E-state index is -0.694. The summed E-state index contributed by atoms with van der Waals surface area (Å²) in [4.78, 5) is 40.2. The lowest BCUT2D eigenvalue weighted by molar-refractivity contribution is -0.136. The highest BCUT2D eigenvalue weighted by Gasteiger charge is 2.39. The van der Waals surface area contributed by atoms with Gasteiger partial charge in [0.2, 0.25) is 11.8 Å². The number of piperidine rings is 2. The number of nitrogens with one attached hydrogen (secondary N) is 2. The third kappa shape index (κ3) is 3.93. The van der Waals surface area contributed by atoms with Gasteiger partial charge in [0.15, 0.2) is 0 Å². The fourth-order valence-electron chi connectivity index (χ4n) is 4.62. The second-order valence-electron chi connectivity index (χ2n) is 9.49. The average molecular weight is 416 g/mol. The molecule has 1 aromatic rings. The number of carbonyl (C=O) groups excluding carboxylic acids is 3. The van der Waals surface area contributed by atoms with Crippen molar-refractivity contribution >= 4 is 23.4 Å². The lowest BCUT2D eigenvalue weighted by atomic mass is 9.98. The summed E-state index contributed by atoms with van der Waals surface area (Å²) < 4.78 is 14.8. The summed E-state index contributed by atoms with van der Waals surface area (Å²) in [5, 5.41) is 5.62. The van der Waals surface area contributed by atoms with E-state index in [4.69, 9.17) is 0 Å². The Morgan fingerprint density at radius 2 is 1.93 bits per heavy atom. The monoisotopic (exact) mass is 416 g/mol. The molecule has 0 radical (unpaired) electrons. The van der Waals surface area contributed by atoms with Crippen LogP contribution in [0.25, 0.3) is 0 Å². The van der Waals surface area contributed by atoms with Crippen LogP contribution in [0.4, 0.5) is 10.1 Å². The Balaban J connectivity index is 1.50. The molecule has 0 spiro atoms. The van der Waals surface area contributed by atoms with E-state index in [0.717, 1.165) is 25.9 Å². The number of anilines is 1. The zero-order valence-electron chi connectivity index (χ0n) is 17.8. The molecule has 0 saturated carbocycles. The topological polar surface area (TPSA) is 81.8 Å². The van der Waals surface area contributed by atoms with Crippen molar-refractivity contribution < 1.29 is 18.8 Å². The number of nitrogens with zero attached hydrogens (tertiary/aromatic N) is 2. The minimum Gasteiger partial charge on any atom is -0.379 e. The highest BCUT2D eigenvalue weighted by molar-refractivity contribution is 6.05. The number of imide groups is 1. The molecule has 0 unspecified atom stereocenters. The highest BCUT2D eigenvalue weighted by atomic mass is 19.1. The first kappa shape index (κ1) is 20.8. The molecule has 1 aromatic carbocycles. The third-order valence-corrected chi connectivity index (χ3v) is 6.34. The summed E-state index contributed by atoms with van der Waals surface area (Å²) >= 11 is 0. The Morgan fingerprint density at radius 1 is 1.17 bits per heavy atom. The Hall–Kier alpha value is -2.48. The van der Waals surface area contributed by atoms with Crippen molar-refractivity contribution in [2.24, 2.45) is 0 Å². The predicted octanol–water partition coefficient (Wildman–Crippen LogP) is 2.26. The number of hydrogen-bond acceptors (Lipinski definition) is 5. The van der Waals surface area contributed by atoms with Crippen LogP contribution in [0.15, 0.2) is 12.1 Å². The van der Waals surface area contributed by atoms with E-state index in [1.807, 2.05) is 0 Å². The van der Waals surface area contributed by atoms with E-state index in [-0.39, 0.29) is 36.4 Å². The SMILES string of the molecule is CC(C)(C)N1CCC[C@H](Nc2cc3c(cc2F)C(=O)N([C@H]2CCC(=O)NC2=O)C3)C1. The standard InChI is InChI=1S/C22H29FN4O3/c1-22(2,3)26-8-4-5-14(12-26)24-17-9-13-11-27(21(30)15(13)10-16(17)23)18-6-7-19(28)25-20(18)29/h9-10,14,18,24H,4-8,11-12H2,1-3H3,(H,25,28,29)/t14-,18-/m0/s1. The molecule has 3 amide bonds. The van der Waals surface area contributed by atoms with Gasteiger partial charge in [-0.1, -0.05) is 0 Å². The van der Waals surface area contributed by atoms with Gasteiger partial charge in [-0.2, -0.15) is 0 Å². The Labute approximate surface area is 176 Å².